The first-order valence-corrected chi connectivity index (χ1v) is 11.6. The van der Waals surface area contributed by atoms with Crippen molar-refractivity contribution >= 4 is 44.8 Å². The third kappa shape index (κ3) is 4.32. The third-order valence-electron chi connectivity index (χ3n) is 5.12. The average Bonchev–Trinajstić information content (AvgIpc) is 2.76. The molecular weight excluding hydrogens is 462 g/mol. The fourth-order valence-electron chi connectivity index (χ4n) is 3.45. The number of anilines is 1. The maximum absolute atomic E-state index is 14.4. The Kier molecular flexibility index (Phi) is 6.03. The minimum Gasteiger partial charge on any atom is -0.320 e. The van der Waals surface area contributed by atoms with Gasteiger partial charge in [-0.25, -0.2) is 12.8 Å². The summed E-state index contributed by atoms with van der Waals surface area (Å²) < 4.78 is 42.1. The number of hydrogen-bond acceptors (Lipinski definition) is 3. The van der Waals surface area contributed by atoms with Crippen molar-refractivity contribution in [1.82, 2.24) is 4.31 Å². The molecular formula is C22H17Cl2FN2O3S. The number of benzene rings is 3. The lowest BCUT2D eigenvalue weighted by molar-refractivity contribution is 0.102. The molecule has 0 unspecified atom stereocenters. The van der Waals surface area contributed by atoms with Gasteiger partial charge in [0, 0.05) is 13.1 Å². The zero-order chi connectivity index (χ0) is 22.2. The van der Waals surface area contributed by atoms with E-state index in [2.05, 4.69) is 5.32 Å². The van der Waals surface area contributed by atoms with Crippen molar-refractivity contribution in [1.29, 1.82) is 0 Å². The first-order chi connectivity index (χ1) is 14.8. The normalized spacial score (nSPS) is 14.2. The van der Waals surface area contributed by atoms with E-state index in [1.807, 2.05) is 24.3 Å². The Morgan fingerprint density at radius 1 is 1.00 bits per heavy atom. The van der Waals surface area contributed by atoms with Gasteiger partial charge >= 0.3 is 0 Å². The van der Waals surface area contributed by atoms with Gasteiger partial charge in [0.05, 0.1) is 26.2 Å². The number of amides is 1. The van der Waals surface area contributed by atoms with E-state index >= 15 is 0 Å². The van der Waals surface area contributed by atoms with Gasteiger partial charge in [-0.15, -0.1) is 0 Å². The molecule has 0 spiro atoms. The number of rotatable bonds is 4. The number of carbonyl (C=O) groups excluding carboxylic acids is 1. The highest BCUT2D eigenvalue weighted by atomic mass is 35.5. The maximum atomic E-state index is 14.4. The molecule has 1 heterocycles. The maximum Gasteiger partial charge on any atom is 0.258 e. The van der Waals surface area contributed by atoms with Crippen LogP contribution >= 0.6 is 23.2 Å². The molecule has 31 heavy (non-hydrogen) atoms. The average molecular weight is 479 g/mol. The van der Waals surface area contributed by atoms with Crippen LogP contribution in [0.15, 0.2) is 65.6 Å². The standard InChI is InChI=1S/C22H17Cl2FN2O3S/c23-18-6-3-7-20(21(18)24)26-22(28)17-12-16(8-9-19(17)25)31(29,30)27-11-10-14-4-1-2-5-15(14)13-27/h1-9,12H,10-11,13H2,(H,26,28). The van der Waals surface area contributed by atoms with Gasteiger partial charge in [-0.3, -0.25) is 4.79 Å². The Balaban J connectivity index is 1.63. The summed E-state index contributed by atoms with van der Waals surface area (Å²) in [6.45, 7) is 0.520. The predicted octanol–water partition coefficient (Wildman–Crippen LogP) is 5.13. The van der Waals surface area contributed by atoms with Gasteiger partial charge < -0.3 is 5.32 Å². The van der Waals surface area contributed by atoms with Crippen LogP contribution in [-0.2, 0) is 23.0 Å². The minimum atomic E-state index is -3.93. The molecule has 5 nitrogen and oxygen atoms in total. The van der Waals surface area contributed by atoms with Gasteiger partial charge in [0.25, 0.3) is 5.91 Å². The van der Waals surface area contributed by atoms with Gasteiger partial charge in [-0.1, -0.05) is 53.5 Å². The van der Waals surface area contributed by atoms with Crippen LogP contribution in [0.1, 0.15) is 21.5 Å². The van der Waals surface area contributed by atoms with Crippen molar-refractivity contribution in [3.63, 3.8) is 0 Å². The molecule has 0 saturated carbocycles. The number of hydrogen-bond donors (Lipinski definition) is 1. The monoisotopic (exact) mass is 478 g/mol. The Morgan fingerprint density at radius 3 is 2.52 bits per heavy atom. The fourth-order valence-corrected chi connectivity index (χ4v) is 5.25. The summed E-state index contributed by atoms with van der Waals surface area (Å²) >= 11 is 12.0. The molecule has 0 aromatic heterocycles. The van der Waals surface area contributed by atoms with Crippen LogP contribution in [0.2, 0.25) is 10.0 Å². The zero-order valence-electron chi connectivity index (χ0n) is 16.1. The van der Waals surface area contributed by atoms with Crippen LogP contribution in [0.5, 0.6) is 0 Å². The Hall–Kier alpha value is -2.45. The van der Waals surface area contributed by atoms with Crippen LogP contribution in [0.25, 0.3) is 0 Å². The number of nitrogens with zero attached hydrogens (tertiary/aromatic N) is 1. The quantitative estimate of drug-likeness (QED) is 0.564. The lowest BCUT2D eigenvalue weighted by atomic mass is 10.0. The molecule has 0 atom stereocenters. The molecule has 3 aromatic carbocycles. The van der Waals surface area contributed by atoms with Crippen molar-refractivity contribution in [3.05, 3.63) is 93.2 Å². The van der Waals surface area contributed by atoms with Crippen molar-refractivity contribution in [2.75, 3.05) is 11.9 Å². The second kappa shape index (κ2) is 8.59. The van der Waals surface area contributed by atoms with Crippen molar-refractivity contribution < 1.29 is 17.6 Å². The summed E-state index contributed by atoms with van der Waals surface area (Å²) in [6.07, 6.45) is 0.581. The largest absolute Gasteiger partial charge is 0.320 e. The van der Waals surface area contributed by atoms with Crippen molar-refractivity contribution in [2.24, 2.45) is 0 Å². The zero-order valence-corrected chi connectivity index (χ0v) is 18.4. The van der Waals surface area contributed by atoms with E-state index in [1.165, 1.54) is 10.4 Å². The number of nitrogens with one attached hydrogen (secondary N) is 1. The van der Waals surface area contributed by atoms with E-state index in [4.69, 9.17) is 23.2 Å². The van der Waals surface area contributed by atoms with Crippen LogP contribution in [0, 0.1) is 5.82 Å². The van der Waals surface area contributed by atoms with E-state index in [1.54, 1.807) is 12.1 Å². The molecule has 9 heteroatoms. The summed E-state index contributed by atoms with van der Waals surface area (Å²) in [5.74, 6) is -1.68. The van der Waals surface area contributed by atoms with Crippen LogP contribution in [0.3, 0.4) is 0 Å². The van der Waals surface area contributed by atoms with E-state index in [9.17, 15) is 17.6 Å². The second-order valence-corrected chi connectivity index (χ2v) is 9.78. The fraction of sp³-hybridized carbons (Fsp3) is 0.136. The lowest BCUT2D eigenvalue weighted by Gasteiger charge is -2.28. The minimum absolute atomic E-state index is 0.105. The topological polar surface area (TPSA) is 66.5 Å². The van der Waals surface area contributed by atoms with E-state index < -0.39 is 27.3 Å². The van der Waals surface area contributed by atoms with Gasteiger partial charge in [0.15, 0.2) is 0 Å². The summed E-state index contributed by atoms with van der Waals surface area (Å²) in [6, 6.07) is 15.4. The number of carbonyl (C=O) groups is 1. The number of fused-ring (bicyclic) bond motifs is 1. The van der Waals surface area contributed by atoms with E-state index in [0.717, 1.165) is 29.3 Å². The second-order valence-electron chi connectivity index (χ2n) is 7.05. The summed E-state index contributed by atoms with van der Waals surface area (Å²) in [7, 11) is -3.93. The first-order valence-electron chi connectivity index (χ1n) is 9.39. The first kappa shape index (κ1) is 21.8. The SMILES string of the molecule is O=C(Nc1cccc(Cl)c1Cl)c1cc(S(=O)(=O)N2CCc3ccccc3C2)ccc1F. The van der Waals surface area contributed by atoms with E-state index in [-0.39, 0.29) is 27.2 Å². The molecule has 0 fully saturated rings. The lowest BCUT2D eigenvalue weighted by Crippen LogP contribution is -2.36. The molecule has 1 amide bonds. The molecule has 0 aliphatic carbocycles. The summed E-state index contributed by atoms with van der Waals surface area (Å²) in [5, 5.41) is 2.80. The molecule has 3 aromatic rings. The van der Waals surface area contributed by atoms with Gasteiger partial charge in [0.1, 0.15) is 5.82 Å². The third-order valence-corrected chi connectivity index (χ3v) is 7.78. The summed E-state index contributed by atoms with van der Waals surface area (Å²) in [4.78, 5) is 12.5. The van der Waals surface area contributed by atoms with Gasteiger partial charge in [-0.2, -0.15) is 4.31 Å². The molecule has 1 aliphatic rings. The summed E-state index contributed by atoms with van der Waals surface area (Å²) in [5.41, 5.74) is 1.81. The molecule has 1 N–H and O–H groups in total. The van der Waals surface area contributed by atoms with Gasteiger partial charge in [0.2, 0.25) is 10.0 Å². The number of sulfonamides is 1. The predicted molar refractivity (Wildman–Crippen MR) is 119 cm³/mol. The molecule has 160 valence electrons. The molecule has 0 radical (unpaired) electrons. The Morgan fingerprint density at radius 2 is 1.74 bits per heavy atom. The highest BCUT2D eigenvalue weighted by molar-refractivity contribution is 7.89. The smallest absolute Gasteiger partial charge is 0.258 e. The molecule has 0 bridgehead atoms. The van der Waals surface area contributed by atoms with E-state index in [0.29, 0.717) is 13.0 Å². The molecule has 1 aliphatic heterocycles. The van der Waals surface area contributed by atoms with Crippen molar-refractivity contribution in [3.8, 4) is 0 Å². The molecule has 0 saturated heterocycles. The van der Waals surface area contributed by atoms with Crippen LogP contribution in [0.4, 0.5) is 10.1 Å². The van der Waals surface area contributed by atoms with Crippen LogP contribution in [-0.4, -0.2) is 25.2 Å². The van der Waals surface area contributed by atoms with Crippen LogP contribution < -0.4 is 5.32 Å². The van der Waals surface area contributed by atoms with Crippen molar-refractivity contribution in [2.45, 2.75) is 17.9 Å². The number of halogens is 3. The Labute approximate surface area is 189 Å². The molecule has 4 rings (SSSR count). The highest BCUT2D eigenvalue weighted by Gasteiger charge is 2.29. The van der Waals surface area contributed by atoms with Gasteiger partial charge in [-0.05, 0) is 47.9 Å². The highest BCUT2D eigenvalue weighted by Crippen LogP contribution is 2.31. The Bertz CT molecular complexity index is 1280.